The highest BCUT2D eigenvalue weighted by molar-refractivity contribution is 5.98. The Morgan fingerprint density at radius 3 is 2.61 bits per heavy atom. The van der Waals surface area contributed by atoms with Crippen LogP contribution in [0.5, 0.6) is 0 Å². The highest BCUT2D eigenvalue weighted by Crippen LogP contribution is 2.41. The number of hydrogen-bond donors (Lipinski definition) is 2. The van der Waals surface area contributed by atoms with Crippen LogP contribution in [0, 0.1) is 17.5 Å². The Morgan fingerprint density at radius 1 is 1.24 bits per heavy atom. The summed E-state index contributed by atoms with van der Waals surface area (Å²) in [6.07, 6.45) is 0.750. The van der Waals surface area contributed by atoms with E-state index in [0.717, 1.165) is 6.07 Å². The molecule has 2 N–H and O–H groups in total. The van der Waals surface area contributed by atoms with Crippen molar-refractivity contribution in [3.63, 3.8) is 0 Å². The summed E-state index contributed by atoms with van der Waals surface area (Å²) in [5, 5.41) is 5.55. The van der Waals surface area contributed by atoms with Crippen LogP contribution >= 0.6 is 0 Å². The number of rotatable bonds is 3. The molecule has 2 aliphatic heterocycles. The van der Waals surface area contributed by atoms with Crippen LogP contribution in [0.3, 0.4) is 0 Å². The maximum absolute atomic E-state index is 15.7. The number of anilines is 1. The van der Waals surface area contributed by atoms with Crippen molar-refractivity contribution in [3.05, 3.63) is 58.5 Å². The molecule has 2 aromatic rings. The van der Waals surface area contributed by atoms with Gasteiger partial charge in [0, 0.05) is 42.4 Å². The minimum absolute atomic E-state index is 0.0422. The van der Waals surface area contributed by atoms with Gasteiger partial charge in [0.05, 0.1) is 11.6 Å². The topological polar surface area (TPSA) is 83.6 Å². The predicted molar refractivity (Wildman–Crippen MR) is 115 cm³/mol. The summed E-state index contributed by atoms with van der Waals surface area (Å²) in [6, 6.07) is 3.41. The Morgan fingerprint density at radius 2 is 1.94 bits per heavy atom. The summed E-state index contributed by atoms with van der Waals surface area (Å²) in [5.41, 5.74) is -2.16. The van der Waals surface area contributed by atoms with Crippen LogP contribution in [0.15, 0.2) is 24.4 Å². The van der Waals surface area contributed by atoms with Crippen molar-refractivity contribution in [2.45, 2.75) is 44.8 Å². The van der Waals surface area contributed by atoms with Gasteiger partial charge in [-0.2, -0.15) is 0 Å². The van der Waals surface area contributed by atoms with E-state index < -0.39 is 40.5 Å². The van der Waals surface area contributed by atoms with Crippen molar-refractivity contribution in [2.24, 2.45) is 0 Å². The molecule has 1 atom stereocenters. The number of benzene rings is 1. The average Bonchev–Trinajstić information content (AvgIpc) is 2.69. The zero-order valence-corrected chi connectivity index (χ0v) is 18.8. The number of carbonyl (C=O) groups excluding carboxylic acids is 2. The van der Waals surface area contributed by atoms with E-state index in [2.05, 4.69) is 15.6 Å². The van der Waals surface area contributed by atoms with Crippen molar-refractivity contribution in [1.82, 2.24) is 15.2 Å². The van der Waals surface area contributed by atoms with Gasteiger partial charge in [0.25, 0.3) is 5.91 Å². The van der Waals surface area contributed by atoms with Crippen LogP contribution in [0.4, 0.5) is 23.8 Å². The molecular formula is C23H25F3N4O3. The van der Waals surface area contributed by atoms with Gasteiger partial charge in [-0.15, -0.1) is 0 Å². The Balaban J connectivity index is 1.62. The molecule has 0 spiro atoms. The second-order valence-corrected chi connectivity index (χ2v) is 9.55. The number of nitrogens with one attached hydrogen (secondary N) is 2. The molecule has 7 nitrogen and oxygen atoms in total. The highest BCUT2D eigenvalue weighted by atomic mass is 19.2. The molecule has 0 radical (unpaired) electrons. The molecule has 176 valence electrons. The molecule has 0 bridgehead atoms. The largest absolute Gasteiger partial charge is 0.444 e. The van der Waals surface area contributed by atoms with E-state index in [1.165, 1.54) is 23.2 Å². The Labute approximate surface area is 189 Å². The summed E-state index contributed by atoms with van der Waals surface area (Å²) in [6.45, 7) is 7.29. The molecule has 3 heterocycles. The first kappa shape index (κ1) is 22.9. The standard InChI is InChI=1S/C23H25F3N4O3/c1-22(2,3)33-21(32)30-9-12(10-30)29-19-18(26)16-13(8-27-19)20(31)28-11-23(16,4)14-6-5-7-15(24)17(14)25/h5-8,12H,9-11H2,1-4H3,(H,27,29)(H,28,31). The lowest BCUT2D eigenvalue weighted by Crippen LogP contribution is -2.58. The summed E-state index contributed by atoms with van der Waals surface area (Å²) < 4.78 is 49.6. The number of aromatic nitrogens is 1. The summed E-state index contributed by atoms with van der Waals surface area (Å²) in [7, 11) is 0. The molecule has 0 aliphatic carbocycles. The molecule has 1 aromatic carbocycles. The Kier molecular flexibility index (Phi) is 5.50. The maximum atomic E-state index is 15.7. The van der Waals surface area contributed by atoms with Gasteiger partial charge in [0.1, 0.15) is 5.60 Å². The summed E-state index contributed by atoms with van der Waals surface area (Å²) >= 11 is 0. The lowest BCUT2D eigenvalue weighted by Gasteiger charge is -2.41. The zero-order valence-electron chi connectivity index (χ0n) is 18.8. The highest BCUT2D eigenvalue weighted by Gasteiger charge is 2.43. The van der Waals surface area contributed by atoms with Gasteiger partial charge in [-0.1, -0.05) is 12.1 Å². The van der Waals surface area contributed by atoms with E-state index in [-0.39, 0.29) is 48.2 Å². The molecule has 4 rings (SSSR count). The molecule has 1 aromatic heterocycles. The lowest BCUT2D eigenvalue weighted by atomic mass is 9.72. The number of likely N-dealkylation sites (tertiary alicyclic amines) is 1. The normalized spacial score (nSPS) is 20.6. The van der Waals surface area contributed by atoms with E-state index in [0.29, 0.717) is 0 Å². The molecule has 1 saturated heterocycles. The predicted octanol–water partition coefficient (Wildman–Crippen LogP) is 3.58. The number of pyridine rings is 1. The quantitative estimate of drug-likeness (QED) is 0.729. The van der Waals surface area contributed by atoms with Crippen molar-refractivity contribution >= 4 is 17.8 Å². The zero-order chi connectivity index (χ0) is 24.1. The number of ether oxygens (including phenoxy) is 1. The van der Waals surface area contributed by atoms with E-state index in [1.54, 1.807) is 27.7 Å². The van der Waals surface area contributed by atoms with E-state index in [9.17, 15) is 18.4 Å². The molecule has 0 saturated carbocycles. The minimum atomic E-state index is -1.36. The van der Waals surface area contributed by atoms with Gasteiger partial charge >= 0.3 is 6.09 Å². The maximum Gasteiger partial charge on any atom is 0.410 e. The molecule has 2 aliphatic rings. The van der Waals surface area contributed by atoms with Gasteiger partial charge in [0.2, 0.25) is 0 Å². The number of nitrogens with zero attached hydrogens (tertiary/aromatic N) is 2. The lowest BCUT2D eigenvalue weighted by molar-refractivity contribution is 0.0104. The number of amides is 2. The van der Waals surface area contributed by atoms with Crippen molar-refractivity contribution < 1.29 is 27.5 Å². The van der Waals surface area contributed by atoms with Crippen molar-refractivity contribution in [1.29, 1.82) is 0 Å². The van der Waals surface area contributed by atoms with Gasteiger partial charge < -0.3 is 20.3 Å². The van der Waals surface area contributed by atoms with Crippen molar-refractivity contribution in [2.75, 3.05) is 25.0 Å². The van der Waals surface area contributed by atoms with E-state index in [1.807, 2.05) is 0 Å². The van der Waals surface area contributed by atoms with Crippen LogP contribution < -0.4 is 10.6 Å². The van der Waals surface area contributed by atoms with E-state index in [4.69, 9.17) is 4.74 Å². The first-order valence-corrected chi connectivity index (χ1v) is 10.6. The fourth-order valence-corrected chi connectivity index (χ4v) is 4.14. The number of fused-ring (bicyclic) bond motifs is 1. The molecule has 1 fully saturated rings. The van der Waals surface area contributed by atoms with Gasteiger partial charge in [-0.05, 0) is 33.8 Å². The number of hydrogen-bond acceptors (Lipinski definition) is 5. The van der Waals surface area contributed by atoms with Gasteiger partial charge in [-0.25, -0.2) is 22.9 Å². The average molecular weight is 462 g/mol. The molecule has 33 heavy (non-hydrogen) atoms. The van der Waals surface area contributed by atoms with Crippen molar-refractivity contribution in [3.8, 4) is 0 Å². The van der Waals surface area contributed by atoms with Crippen LogP contribution in [0.1, 0.15) is 49.2 Å². The molecule has 2 amide bonds. The monoisotopic (exact) mass is 462 g/mol. The minimum Gasteiger partial charge on any atom is -0.444 e. The van der Waals surface area contributed by atoms with Crippen LogP contribution in [-0.2, 0) is 10.2 Å². The smallest absolute Gasteiger partial charge is 0.410 e. The second-order valence-electron chi connectivity index (χ2n) is 9.55. The second kappa shape index (κ2) is 7.93. The Hall–Kier alpha value is -3.30. The number of carbonyl (C=O) groups is 2. The summed E-state index contributed by atoms with van der Waals surface area (Å²) in [4.78, 5) is 30.0. The first-order chi connectivity index (χ1) is 15.4. The molecular weight excluding hydrogens is 437 g/mol. The third-order valence-electron chi connectivity index (χ3n) is 5.84. The SMILES string of the molecule is CC(C)(C)OC(=O)N1CC(Nc2ncc3c(c2F)C(C)(c2cccc(F)c2F)CNC3=O)C1. The van der Waals surface area contributed by atoms with E-state index >= 15 is 4.39 Å². The third kappa shape index (κ3) is 4.09. The van der Waals surface area contributed by atoms with Crippen LogP contribution in [0.25, 0.3) is 0 Å². The van der Waals surface area contributed by atoms with Crippen LogP contribution in [-0.4, -0.2) is 53.2 Å². The van der Waals surface area contributed by atoms with Crippen LogP contribution in [0.2, 0.25) is 0 Å². The third-order valence-corrected chi connectivity index (χ3v) is 5.84. The summed E-state index contributed by atoms with van der Waals surface area (Å²) in [5.74, 6) is -3.64. The number of halogens is 3. The first-order valence-electron chi connectivity index (χ1n) is 10.6. The fraction of sp³-hybridized carbons (Fsp3) is 0.435. The molecule has 10 heteroatoms. The van der Waals surface area contributed by atoms with Gasteiger partial charge in [0.15, 0.2) is 23.3 Å². The fourth-order valence-electron chi connectivity index (χ4n) is 4.14. The van der Waals surface area contributed by atoms with Gasteiger partial charge in [-0.3, -0.25) is 4.79 Å². The molecule has 1 unspecified atom stereocenters. The Bertz CT molecular complexity index is 1130.